The molecule has 5 aromatic rings. The molecule has 8 nitrogen and oxygen atoms in total. The van der Waals surface area contributed by atoms with Crippen molar-refractivity contribution < 1.29 is 4.74 Å². The molecule has 1 atom stereocenters. The highest BCUT2D eigenvalue weighted by Crippen LogP contribution is 2.37. The van der Waals surface area contributed by atoms with Crippen LogP contribution in [0.25, 0.3) is 11.4 Å². The molecule has 8 heteroatoms. The number of nitrogens with zero attached hydrogens (tertiary/aromatic N) is 7. The van der Waals surface area contributed by atoms with Gasteiger partial charge in [0.25, 0.3) is 0 Å². The number of likely N-dealkylation sites (N-methyl/N-ethyl adjacent to an activating group) is 1. The number of fused-ring (bicyclic) bond motifs is 1. The van der Waals surface area contributed by atoms with Crippen LogP contribution in [0.4, 0.5) is 5.69 Å². The first-order valence-electron chi connectivity index (χ1n) is 12.4. The molecular formula is C29H27N7O. The smallest absolute Gasteiger partial charge is 0.219 e. The number of para-hydroxylation sites is 1. The van der Waals surface area contributed by atoms with Crippen molar-refractivity contribution in [3.63, 3.8) is 0 Å². The van der Waals surface area contributed by atoms with Crippen LogP contribution in [0.1, 0.15) is 23.0 Å². The molecule has 0 radical (unpaired) electrons. The molecule has 0 bridgehead atoms. The Morgan fingerprint density at radius 1 is 0.946 bits per heavy atom. The minimum Gasteiger partial charge on any atom is -0.437 e. The Hall–Kier alpha value is -4.59. The number of benzene rings is 1. The Kier molecular flexibility index (Phi) is 6.29. The van der Waals surface area contributed by atoms with Crippen LogP contribution < -0.4 is 9.64 Å². The predicted molar refractivity (Wildman–Crippen MR) is 142 cm³/mol. The molecule has 5 heterocycles. The lowest BCUT2D eigenvalue weighted by atomic mass is 9.97. The maximum atomic E-state index is 5.89. The third kappa shape index (κ3) is 5.04. The van der Waals surface area contributed by atoms with Crippen molar-refractivity contribution in [2.75, 3.05) is 18.5 Å². The SMILES string of the molecule is CN1CC(Cc2nc(-c3ccnc(Oc4cccnc4)c3)nn2CCc2ccccn2)c2ccccc21. The van der Waals surface area contributed by atoms with Gasteiger partial charge in [-0.3, -0.25) is 9.97 Å². The van der Waals surface area contributed by atoms with Crippen molar-refractivity contribution in [1.29, 1.82) is 0 Å². The summed E-state index contributed by atoms with van der Waals surface area (Å²) in [6, 6.07) is 22.1. The zero-order valence-electron chi connectivity index (χ0n) is 20.6. The second kappa shape index (κ2) is 10.2. The van der Waals surface area contributed by atoms with Crippen LogP contribution in [0.15, 0.2) is 91.5 Å². The van der Waals surface area contributed by atoms with E-state index >= 15 is 0 Å². The maximum absolute atomic E-state index is 5.89. The molecule has 4 aromatic heterocycles. The van der Waals surface area contributed by atoms with E-state index in [9.17, 15) is 0 Å². The first-order chi connectivity index (χ1) is 18.2. The standard InChI is InChI=1S/C29H27N7O/c1-35-20-22(25-9-2-3-10-26(25)35)17-27-33-29(34-36(27)16-12-23-7-4-5-14-31-23)21-11-15-32-28(18-21)37-24-8-6-13-30-19-24/h2-11,13-15,18-19,22H,12,16-17,20H2,1H3. The summed E-state index contributed by atoms with van der Waals surface area (Å²) in [5.41, 5.74) is 4.55. The Morgan fingerprint density at radius 3 is 2.73 bits per heavy atom. The first-order valence-corrected chi connectivity index (χ1v) is 12.4. The van der Waals surface area contributed by atoms with Gasteiger partial charge in [-0.15, -0.1) is 0 Å². The number of aromatic nitrogens is 6. The van der Waals surface area contributed by atoms with Gasteiger partial charge in [0.05, 0.1) is 6.20 Å². The molecule has 0 fully saturated rings. The van der Waals surface area contributed by atoms with Crippen LogP contribution >= 0.6 is 0 Å². The van der Waals surface area contributed by atoms with E-state index in [0.717, 1.165) is 36.5 Å². The second-order valence-corrected chi connectivity index (χ2v) is 9.16. The average molecular weight is 490 g/mol. The van der Waals surface area contributed by atoms with Crippen LogP contribution in [0.2, 0.25) is 0 Å². The number of pyridine rings is 3. The maximum Gasteiger partial charge on any atom is 0.219 e. The second-order valence-electron chi connectivity index (χ2n) is 9.16. The molecule has 0 N–H and O–H groups in total. The number of ether oxygens (including phenoxy) is 1. The van der Waals surface area contributed by atoms with E-state index < -0.39 is 0 Å². The molecule has 1 aromatic carbocycles. The largest absolute Gasteiger partial charge is 0.437 e. The van der Waals surface area contributed by atoms with Crippen LogP contribution in [-0.4, -0.2) is 43.3 Å². The van der Waals surface area contributed by atoms with Gasteiger partial charge >= 0.3 is 0 Å². The quantitative estimate of drug-likeness (QED) is 0.305. The van der Waals surface area contributed by atoms with E-state index in [1.807, 2.05) is 53.3 Å². The Balaban J connectivity index is 1.30. The predicted octanol–water partition coefficient (Wildman–Crippen LogP) is 4.94. The number of rotatable bonds is 8. The van der Waals surface area contributed by atoms with E-state index in [0.29, 0.717) is 29.9 Å². The number of aryl methyl sites for hydroxylation is 2. The molecule has 6 rings (SSSR count). The number of hydrogen-bond donors (Lipinski definition) is 0. The molecule has 0 aliphatic carbocycles. The zero-order valence-corrected chi connectivity index (χ0v) is 20.6. The summed E-state index contributed by atoms with van der Waals surface area (Å²) in [6.45, 7) is 1.66. The van der Waals surface area contributed by atoms with Crippen molar-refractivity contribution in [3.8, 4) is 23.0 Å². The fourth-order valence-corrected chi connectivity index (χ4v) is 4.83. The van der Waals surface area contributed by atoms with E-state index in [4.69, 9.17) is 14.8 Å². The Bertz CT molecular complexity index is 1490. The van der Waals surface area contributed by atoms with E-state index in [-0.39, 0.29) is 0 Å². The van der Waals surface area contributed by atoms with Crippen molar-refractivity contribution >= 4 is 5.69 Å². The van der Waals surface area contributed by atoms with Crippen molar-refractivity contribution in [1.82, 2.24) is 29.7 Å². The molecule has 0 spiro atoms. The Labute approximate surface area is 215 Å². The van der Waals surface area contributed by atoms with Gasteiger partial charge in [0.15, 0.2) is 5.82 Å². The first kappa shape index (κ1) is 22.8. The van der Waals surface area contributed by atoms with Crippen LogP contribution in [-0.2, 0) is 19.4 Å². The lowest BCUT2D eigenvalue weighted by molar-refractivity contribution is 0.461. The summed E-state index contributed by atoms with van der Waals surface area (Å²) < 4.78 is 7.93. The highest BCUT2D eigenvalue weighted by molar-refractivity contribution is 5.60. The number of hydrogen-bond acceptors (Lipinski definition) is 7. The number of anilines is 1. The van der Waals surface area contributed by atoms with Crippen molar-refractivity contribution in [2.24, 2.45) is 0 Å². The van der Waals surface area contributed by atoms with Gasteiger partial charge in [0, 0.05) is 80.5 Å². The van der Waals surface area contributed by atoms with Gasteiger partial charge in [-0.25, -0.2) is 14.6 Å². The molecule has 1 aliphatic heterocycles. The van der Waals surface area contributed by atoms with Gasteiger partial charge in [-0.05, 0) is 42.0 Å². The zero-order chi connectivity index (χ0) is 25.0. The fraction of sp³-hybridized carbons (Fsp3) is 0.207. The van der Waals surface area contributed by atoms with Crippen LogP contribution in [0, 0.1) is 0 Å². The van der Waals surface area contributed by atoms with Crippen molar-refractivity contribution in [2.45, 2.75) is 25.3 Å². The van der Waals surface area contributed by atoms with E-state index in [1.54, 1.807) is 18.6 Å². The molecule has 37 heavy (non-hydrogen) atoms. The van der Waals surface area contributed by atoms with Gasteiger partial charge in [-0.1, -0.05) is 24.3 Å². The lowest BCUT2D eigenvalue weighted by Crippen LogP contribution is -2.18. The van der Waals surface area contributed by atoms with E-state index in [1.165, 1.54) is 11.3 Å². The Morgan fingerprint density at radius 2 is 1.86 bits per heavy atom. The molecule has 1 unspecified atom stereocenters. The van der Waals surface area contributed by atoms with Gasteiger partial charge in [-0.2, -0.15) is 5.10 Å². The molecule has 0 amide bonds. The van der Waals surface area contributed by atoms with Crippen LogP contribution in [0.3, 0.4) is 0 Å². The summed E-state index contributed by atoms with van der Waals surface area (Å²) in [6.07, 6.45) is 8.50. The third-order valence-corrected chi connectivity index (χ3v) is 6.62. The van der Waals surface area contributed by atoms with Gasteiger partial charge < -0.3 is 9.64 Å². The summed E-state index contributed by atoms with van der Waals surface area (Å²) in [5.74, 6) is 3.09. The normalized spacial score (nSPS) is 14.5. The van der Waals surface area contributed by atoms with Crippen LogP contribution in [0.5, 0.6) is 11.6 Å². The summed E-state index contributed by atoms with van der Waals surface area (Å²) in [5, 5.41) is 4.93. The summed E-state index contributed by atoms with van der Waals surface area (Å²) in [7, 11) is 2.15. The molecule has 0 saturated carbocycles. The minimum atomic E-state index is 0.355. The highest BCUT2D eigenvalue weighted by atomic mass is 16.5. The van der Waals surface area contributed by atoms with Crippen molar-refractivity contribution in [3.05, 3.63) is 109 Å². The topological polar surface area (TPSA) is 81.9 Å². The average Bonchev–Trinajstić information content (AvgIpc) is 3.49. The molecular weight excluding hydrogens is 462 g/mol. The van der Waals surface area contributed by atoms with E-state index in [2.05, 4.69) is 51.2 Å². The summed E-state index contributed by atoms with van der Waals surface area (Å²) >= 11 is 0. The third-order valence-electron chi connectivity index (χ3n) is 6.62. The molecule has 1 aliphatic rings. The minimum absolute atomic E-state index is 0.355. The summed E-state index contributed by atoms with van der Waals surface area (Å²) in [4.78, 5) is 20.3. The molecule has 0 saturated heterocycles. The lowest BCUT2D eigenvalue weighted by Gasteiger charge is -2.13. The fourth-order valence-electron chi connectivity index (χ4n) is 4.83. The highest BCUT2D eigenvalue weighted by Gasteiger charge is 2.28. The van der Waals surface area contributed by atoms with Gasteiger partial charge in [0.1, 0.15) is 11.6 Å². The monoisotopic (exact) mass is 489 g/mol. The van der Waals surface area contributed by atoms with Gasteiger partial charge in [0.2, 0.25) is 5.88 Å². The molecule has 184 valence electrons.